The third kappa shape index (κ3) is 4.27. The van der Waals surface area contributed by atoms with Crippen molar-refractivity contribution in [2.45, 2.75) is 61.9 Å². The first-order chi connectivity index (χ1) is 11.1. The normalized spacial score (nSPS) is 27.0. The molecule has 1 N–H and O–H groups in total. The number of likely N-dealkylation sites (tertiary alicyclic amines) is 1. The molecular weight excluding hydrogens is 332 g/mol. The highest BCUT2D eigenvalue weighted by Gasteiger charge is 2.33. The van der Waals surface area contributed by atoms with Gasteiger partial charge in [0.15, 0.2) is 0 Å². The Bertz CT molecular complexity index is 612. The van der Waals surface area contributed by atoms with Crippen LogP contribution in [0.15, 0.2) is 29.2 Å². The number of halogens is 1. The molecule has 1 saturated heterocycles. The third-order valence-corrected chi connectivity index (χ3v) is 6.78. The summed E-state index contributed by atoms with van der Waals surface area (Å²) in [6, 6.07) is 6.75. The van der Waals surface area contributed by atoms with Crippen molar-refractivity contribution in [3.8, 4) is 0 Å². The Morgan fingerprint density at radius 1 is 0.957 bits per heavy atom. The van der Waals surface area contributed by atoms with Gasteiger partial charge in [0.1, 0.15) is 0 Å². The molecular formula is C17H25ClN2O2S. The van der Waals surface area contributed by atoms with Crippen LogP contribution in [-0.4, -0.2) is 38.5 Å². The Labute approximate surface area is 144 Å². The van der Waals surface area contributed by atoms with Crippen molar-refractivity contribution in [2.75, 3.05) is 13.1 Å². The Kier molecular flexibility index (Phi) is 5.62. The fourth-order valence-corrected chi connectivity index (χ4v) is 5.25. The molecule has 3 rings (SSSR count). The van der Waals surface area contributed by atoms with Crippen molar-refractivity contribution in [3.63, 3.8) is 0 Å². The van der Waals surface area contributed by atoms with Crippen LogP contribution in [-0.2, 0) is 10.0 Å². The van der Waals surface area contributed by atoms with Crippen LogP contribution in [0.3, 0.4) is 0 Å². The lowest BCUT2D eigenvalue weighted by atomic mass is 9.89. The molecule has 0 amide bonds. The molecule has 1 aromatic carbocycles. The Balaban J connectivity index is 1.74. The van der Waals surface area contributed by atoms with Crippen LogP contribution in [0.2, 0.25) is 5.02 Å². The van der Waals surface area contributed by atoms with E-state index in [1.807, 2.05) is 0 Å². The lowest BCUT2D eigenvalue weighted by Gasteiger charge is -2.41. The first-order valence-corrected chi connectivity index (χ1v) is 10.4. The van der Waals surface area contributed by atoms with Gasteiger partial charge in [0.25, 0.3) is 0 Å². The zero-order valence-electron chi connectivity index (χ0n) is 13.4. The van der Waals surface area contributed by atoms with Crippen molar-refractivity contribution in [1.29, 1.82) is 0 Å². The molecule has 0 spiro atoms. The van der Waals surface area contributed by atoms with Gasteiger partial charge in [-0.2, -0.15) is 0 Å². The summed E-state index contributed by atoms with van der Waals surface area (Å²) < 4.78 is 28.3. The predicted molar refractivity (Wildman–Crippen MR) is 93.2 cm³/mol. The van der Waals surface area contributed by atoms with E-state index in [0.29, 0.717) is 16.0 Å². The van der Waals surface area contributed by atoms with Crippen LogP contribution < -0.4 is 4.72 Å². The fraction of sp³-hybridized carbons (Fsp3) is 0.647. The molecule has 23 heavy (non-hydrogen) atoms. The molecule has 1 heterocycles. The highest BCUT2D eigenvalue weighted by molar-refractivity contribution is 7.89. The number of benzene rings is 1. The number of sulfonamides is 1. The average molecular weight is 357 g/mol. The van der Waals surface area contributed by atoms with Gasteiger partial charge in [0.05, 0.1) is 4.90 Å². The van der Waals surface area contributed by atoms with Crippen molar-refractivity contribution < 1.29 is 8.42 Å². The predicted octanol–water partition coefficient (Wildman–Crippen LogP) is 3.42. The number of nitrogens with zero attached hydrogens (tertiary/aromatic N) is 1. The smallest absolute Gasteiger partial charge is 0.240 e. The van der Waals surface area contributed by atoms with Crippen LogP contribution in [0, 0.1) is 0 Å². The summed E-state index contributed by atoms with van der Waals surface area (Å²) in [6.45, 7) is 2.20. The summed E-state index contributed by atoms with van der Waals surface area (Å²) in [6.07, 6.45) is 8.06. The van der Waals surface area contributed by atoms with E-state index in [4.69, 9.17) is 11.6 Å². The number of piperidine rings is 1. The average Bonchev–Trinajstić information content (AvgIpc) is 2.56. The Morgan fingerprint density at radius 2 is 1.61 bits per heavy atom. The van der Waals surface area contributed by atoms with Crippen molar-refractivity contribution in [3.05, 3.63) is 29.3 Å². The standard InChI is InChI=1S/C17H25ClN2O2S/c18-14-8-10-15(11-9-14)23(21,22)19-16-6-2-3-7-17(16)20-12-4-1-5-13-20/h8-11,16-17,19H,1-7,12-13H2/t16-,17-/m0/s1. The topological polar surface area (TPSA) is 49.4 Å². The summed E-state index contributed by atoms with van der Waals surface area (Å²) in [5.74, 6) is 0. The maximum atomic E-state index is 12.7. The second-order valence-corrected chi connectivity index (χ2v) is 8.78. The van der Waals surface area contributed by atoms with Crippen LogP contribution in [0.25, 0.3) is 0 Å². The minimum atomic E-state index is -3.48. The van der Waals surface area contributed by atoms with E-state index in [1.54, 1.807) is 24.3 Å². The maximum Gasteiger partial charge on any atom is 0.240 e. The van der Waals surface area contributed by atoms with E-state index >= 15 is 0 Å². The monoisotopic (exact) mass is 356 g/mol. The first-order valence-electron chi connectivity index (χ1n) is 8.58. The first kappa shape index (κ1) is 17.2. The highest BCUT2D eigenvalue weighted by atomic mass is 35.5. The van der Waals surface area contributed by atoms with Crippen molar-refractivity contribution >= 4 is 21.6 Å². The van der Waals surface area contributed by atoms with Crippen LogP contribution in [0.5, 0.6) is 0 Å². The molecule has 1 aliphatic carbocycles. The Hall–Kier alpha value is -0.620. The van der Waals surface area contributed by atoms with E-state index in [9.17, 15) is 8.42 Å². The summed E-state index contributed by atoms with van der Waals surface area (Å²) in [5, 5.41) is 0.549. The summed E-state index contributed by atoms with van der Waals surface area (Å²) >= 11 is 5.86. The summed E-state index contributed by atoms with van der Waals surface area (Å²) in [4.78, 5) is 2.79. The minimum absolute atomic E-state index is 0.0162. The molecule has 1 aliphatic heterocycles. The molecule has 128 valence electrons. The minimum Gasteiger partial charge on any atom is -0.299 e. The van der Waals surface area contributed by atoms with Gasteiger partial charge in [0, 0.05) is 17.1 Å². The van der Waals surface area contributed by atoms with Gasteiger partial charge >= 0.3 is 0 Å². The van der Waals surface area contributed by atoms with E-state index in [1.165, 1.54) is 25.7 Å². The van der Waals surface area contributed by atoms with Crippen LogP contribution >= 0.6 is 11.6 Å². The quantitative estimate of drug-likeness (QED) is 0.899. The SMILES string of the molecule is O=S(=O)(N[C@H]1CCCC[C@@H]1N1CCCCC1)c1ccc(Cl)cc1. The molecule has 2 atom stereocenters. The second kappa shape index (κ2) is 7.51. The second-order valence-electron chi connectivity index (χ2n) is 6.63. The lowest BCUT2D eigenvalue weighted by molar-refractivity contribution is 0.109. The molecule has 6 heteroatoms. The molecule has 1 saturated carbocycles. The lowest BCUT2D eigenvalue weighted by Crippen LogP contribution is -2.54. The molecule has 1 aromatic rings. The van der Waals surface area contributed by atoms with E-state index in [-0.39, 0.29) is 6.04 Å². The van der Waals surface area contributed by atoms with Gasteiger partial charge in [0.2, 0.25) is 10.0 Å². The van der Waals surface area contributed by atoms with Crippen molar-refractivity contribution in [2.24, 2.45) is 0 Å². The summed E-state index contributed by atoms with van der Waals surface area (Å²) in [7, 11) is -3.48. The van der Waals surface area contributed by atoms with Gasteiger partial charge in [-0.15, -0.1) is 0 Å². The zero-order valence-corrected chi connectivity index (χ0v) is 15.0. The number of nitrogens with one attached hydrogen (secondary N) is 1. The maximum absolute atomic E-state index is 12.7. The molecule has 0 aromatic heterocycles. The van der Waals surface area contributed by atoms with Gasteiger partial charge < -0.3 is 0 Å². The van der Waals surface area contributed by atoms with E-state index in [0.717, 1.165) is 32.4 Å². The molecule has 2 aliphatic rings. The molecule has 2 fully saturated rings. The number of rotatable bonds is 4. The molecule has 4 nitrogen and oxygen atoms in total. The largest absolute Gasteiger partial charge is 0.299 e. The zero-order chi connectivity index (χ0) is 16.3. The Morgan fingerprint density at radius 3 is 2.30 bits per heavy atom. The number of hydrogen-bond acceptors (Lipinski definition) is 3. The van der Waals surface area contributed by atoms with E-state index in [2.05, 4.69) is 9.62 Å². The van der Waals surface area contributed by atoms with Crippen LogP contribution in [0.1, 0.15) is 44.9 Å². The van der Waals surface area contributed by atoms with Crippen LogP contribution in [0.4, 0.5) is 0 Å². The van der Waals surface area contributed by atoms with E-state index < -0.39 is 10.0 Å². The third-order valence-electron chi connectivity index (χ3n) is 5.02. The molecule has 0 unspecified atom stereocenters. The fourth-order valence-electron chi connectivity index (χ4n) is 3.82. The van der Waals surface area contributed by atoms with Gasteiger partial charge in [-0.05, 0) is 63.0 Å². The summed E-state index contributed by atoms with van der Waals surface area (Å²) in [5.41, 5.74) is 0. The van der Waals surface area contributed by atoms with Gasteiger partial charge in [-0.3, -0.25) is 4.90 Å². The molecule has 0 bridgehead atoms. The van der Waals surface area contributed by atoms with Gasteiger partial charge in [-0.1, -0.05) is 30.9 Å². The van der Waals surface area contributed by atoms with Crippen molar-refractivity contribution in [1.82, 2.24) is 9.62 Å². The molecule has 0 radical (unpaired) electrons. The van der Waals surface area contributed by atoms with Gasteiger partial charge in [-0.25, -0.2) is 13.1 Å². The highest BCUT2D eigenvalue weighted by Crippen LogP contribution is 2.27. The number of hydrogen-bond donors (Lipinski definition) is 1.